The van der Waals surface area contributed by atoms with E-state index in [0.29, 0.717) is 37.2 Å². The van der Waals surface area contributed by atoms with Crippen molar-refractivity contribution >= 4 is 5.78 Å². The number of rotatable bonds is 9. The molecule has 0 fully saturated rings. The zero-order valence-electron chi connectivity index (χ0n) is 11.9. The van der Waals surface area contributed by atoms with Gasteiger partial charge in [0.2, 0.25) is 0 Å². The third-order valence-corrected chi connectivity index (χ3v) is 3.05. The molecule has 0 aromatic heterocycles. The molecule has 0 spiro atoms. The Morgan fingerprint density at radius 1 is 1.26 bits per heavy atom. The minimum absolute atomic E-state index is 0.252. The fraction of sp³-hybridized carbons (Fsp3) is 0.562. The van der Waals surface area contributed by atoms with Gasteiger partial charge in [0.1, 0.15) is 5.78 Å². The fourth-order valence-corrected chi connectivity index (χ4v) is 1.89. The summed E-state index contributed by atoms with van der Waals surface area (Å²) in [7, 11) is 0. The molecule has 0 aliphatic carbocycles. The van der Waals surface area contributed by atoms with Gasteiger partial charge in [-0.05, 0) is 37.3 Å². The Labute approximate surface area is 115 Å². The molecule has 0 saturated carbocycles. The van der Waals surface area contributed by atoms with E-state index in [1.165, 1.54) is 0 Å². The lowest BCUT2D eigenvalue weighted by Crippen LogP contribution is -2.01. The van der Waals surface area contributed by atoms with Crippen LogP contribution in [0.25, 0.3) is 0 Å². The zero-order chi connectivity index (χ0) is 14.1. The van der Waals surface area contributed by atoms with Crippen molar-refractivity contribution in [3.8, 4) is 5.75 Å². The van der Waals surface area contributed by atoms with Gasteiger partial charge in [0.15, 0.2) is 11.6 Å². The van der Waals surface area contributed by atoms with Crippen molar-refractivity contribution < 1.29 is 13.9 Å². The van der Waals surface area contributed by atoms with E-state index >= 15 is 0 Å². The molecule has 19 heavy (non-hydrogen) atoms. The van der Waals surface area contributed by atoms with Crippen LogP contribution in [-0.4, -0.2) is 12.4 Å². The molecule has 0 N–H and O–H groups in total. The topological polar surface area (TPSA) is 26.3 Å². The smallest absolute Gasteiger partial charge is 0.168 e. The second kappa shape index (κ2) is 8.68. The predicted octanol–water partition coefficient (Wildman–Crippen LogP) is 4.31. The highest BCUT2D eigenvalue weighted by Crippen LogP contribution is 2.22. The van der Waals surface area contributed by atoms with E-state index in [1.807, 2.05) is 19.9 Å². The molecule has 1 aromatic rings. The lowest BCUT2D eigenvalue weighted by atomic mass is 10.0. The molecular formula is C16H23FO2. The minimum atomic E-state index is -0.252. The summed E-state index contributed by atoms with van der Waals surface area (Å²) in [6.07, 6.45) is 4.37. The van der Waals surface area contributed by atoms with Gasteiger partial charge in [0, 0.05) is 12.8 Å². The molecule has 0 unspecified atom stereocenters. The van der Waals surface area contributed by atoms with E-state index in [1.54, 1.807) is 12.1 Å². The number of Topliss-reactive ketones (excluding diaryl/α,β-unsaturated/α-hetero) is 1. The van der Waals surface area contributed by atoms with Crippen molar-refractivity contribution in [1.29, 1.82) is 0 Å². The van der Waals surface area contributed by atoms with Gasteiger partial charge in [0.25, 0.3) is 0 Å². The van der Waals surface area contributed by atoms with Crippen LogP contribution in [0.2, 0.25) is 0 Å². The Morgan fingerprint density at radius 3 is 2.74 bits per heavy atom. The van der Waals surface area contributed by atoms with Crippen molar-refractivity contribution in [3.05, 3.63) is 29.6 Å². The van der Waals surface area contributed by atoms with Crippen LogP contribution in [-0.2, 0) is 11.2 Å². The first kappa shape index (κ1) is 15.7. The van der Waals surface area contributed by atoms with Gasteiger partial charge in [-0.25, -0.2) is 4.39 Å². The van der Waals surface area contributed by atoms with E-state index in [-0.39, 0.29) is 11.6 Å². The minimum Gasteiger partial charge on any atom is -0.491 e. The van der Waals surface area contributed by atoms with E-state index in [2.05, 4.69) is 0 Å². The van der Waals surface area contributed by atoms with Gasteiger partial charge in [-0.2, -0.15) is 0 Å². The summed E-state index contributed by atoms with van der Waals surface area (Å²) in [4.78, 5) is 11.2. The monoisotopic (exact) mass is 266 g/mol. The standard InChI is InChI=1S/C16H23FO2/c1-3-12-19-15-11-7-9-13(16(15)17)8-5-6-10-14(18)4-2/h7,9,11H,3-6,8,10,12H2,1-2H3. The van der Waals surface area contributed by atoms with Crippen LogP contribution in [0.1, 0.15) is 51.5 Å². The summed E-state index contributed by atoms with van der Waals surface area (Å²) in [5, 5.41) is 0. The largest absolute Gasteiger partial charge is 0.491 e. The van der Waals surface area contributed by atoms with E-state index in [0.717, 1.165) is 19.3 Å². The lowest BCUT2D eigenvalue weighted by molar-refractivity contribution is -0.118. The van der Waals surface area contributed by atoms with Crippen molar-refractivity contribution in [2.24, 2.45) is 0 Å². The Kier molecular flexibility index (Phi) is 7.16. The number of carbonyl (C=O) groups is 1. The number of halogens is 1. The van der Waals surface area contributed by atoms with E-state index < -0.39 is 0 Å². The maximum Gasteiger partial charge on any atom is 0.168 e. The number of unbranched alkanes of at least 4 members (excludes halogenated alkanes) is 1. The van der Waals surface area contributed by atoms with Crippen molar-refractivity contribution in [1.82, 2.24) is 0 Å². The van der Waals surface area contributed by atoms with Crippen LogP contribution < -0.4 is 4.74 Å². The predicted molar refractivity (Wildman–Crippen MR) is 75.0 cm³/mol. The molecule has 1 rings (SSSR count). The van der Waals surface area contributed by atoms with E-state index in [4.69, 9.17) is 4.74 Å². The first-order valence-corrected chi connectivity index (χ1v) is 7.10. The highest BCUT2D eigenvalue weighted by atomic mass is 19.1. The second-order valence-electron chi connectivity index (χ2n) is 4.68. The van der Waals surface area contributed by atoms with Gasteiger partial charge < -0.3 is 4.74 Å². The Morgan fingerprint density at radius 2 is 2.05 bits per heavy atom. The van der Waals surface area contributed by atoms with Crippen LogP contribution in [0.15, 0.2) is 18.2 Å². The summed E-state index contributed by atoms with van der Waals surface area (Å²) >= 11 is 0. The molecule has 0 heterocycles. The molecule has 0 radical (unpaired) electrons. The van der Waals surface area contributed by atoms with Crippen LogP contribution in [0.3, 0.4) is 0 Å². The average Bonchev–Trinajstić information content (AvgIpc) is 2.43. The van der Waals surface area contributed by atoms with Crippen molar-refractivity contribution in [3.63, 3.8) is 0 Å². The highest BCUT2D eigenvalue weighted by molar-refractivity contribution is 5.77. The molecule has 2 nitrogen and oxygen atoms in total. The number of benzene rings is 1. The lowest BCUT2D eigenvalue weighted by Gasteiger charge is -2.09. The number of carbonyl (C=O) groups excluding carboxylic acids is 1. The molecule has 1 aromatic carbocycles. The van der Waals surface area contributed by atoms with Crippen LogP contribution >= 0.6 is 0 Å². The van der Waals surface area contributed by atoms with Gasteiger partial charge in [0.05, 0.1) is 6.61 Å². The number of ether oxygens (including phenoxy) is 1. The molecule has 106 valence electrons. The molecule has 0 saturated heterocycles. The molecule has 0 aliphatic heterocycles. The quantitative estimate of drug-likeness (QED) is 0.623. The van der Waals surface area contributed by atoms with E-state index in [9.17, 15) is 9.18 Å². The number of ketones is 1. The Bertz CT molecular complexity index is 402. The number of hydrogen-bond acceptors (Lipinski definition) is 2. The molecular weight excluding hydrogens is 243 g/mol. The first-order valence-electron chi connectivity index (χ1n) is 7.10. The third kappa shape index (κ3) is 5.41. The Balaban J connectivity index is 2.47. The van der Waals surface area contributed by atoms with Crippen molar-refractivity contribution in [2.45, 2.75) is 52.4 Å². The van der Waals surface area contributed by atoms with Gasteiger partial charge >= 0.3 is 0 Å². The Hall–Kier alpha value is -1.38. The summed E-state index contributed by atoms with van der Waals surface area (Å²) in [5.41, 5.74) is 0.678. The molecule has 3 heteroatoms. The van der Waals surface area contributed by atoms with Crippen LogP contribution in [0.5, 0.6) is 5.75 Å². The molecule has 0 atom stereocenters. The molecule has 0 amide bonds. The van der Waals surface area contributed by atoms with Crippen LogP contribution in [0, 0.1) is 5.82 Å². The number of hydrogen-bond donors (Lipinski definition) is 0. The van der Waals surface area contributed by atoms with Crippen LogP contribution in [0.4, 0.5) is 4.39 Å². The van der Waals surface area contributed by atoms with Gasteiger partial charge in [-0.1, -0.05) is 26.0 Å². The summed E-state index contributed by atoms with van der Waals surface area (Å²) in [5.74, 6) is 0.363. The normalized spacial score (nSPS) is 10.5. The highest BCUT2D eigenvalue weighted by Gasteiger charge is 2.09. The summed E-state index contributed by atoms with van der Waals surface area (Å²) < 4.78 is 19.4. The zero-order valence-corrected chi connectivity index (χ0v) is 11.9. The van der Waals surface area contributed by atoms with Crippen molar-refractivity contribution in [2.75, 3.05) is 6.61 Å². The third-order valence-electron chi connectivity index (χ3n) is 3.05. The maximum absolute atomic E-state index is 14.1. The average molecular weight is 266 g/mol. The molecule has 0 aliphatic rings. The first-order chi connectivity index (χ1) is 9.19. The molecule has 0 bridgehead atoms. The fourth-order valence-electron chi connectivity index (χ4n) is 1.89. The SMILES string of the molecule is CCCOc1cccc(CCCCC(=O)CC)c1F. The summed E-state index contributed by atoms with van der Waals surface area (Å²) in [6.45, 7) is 4.40. The van der Waals surface area contributed by atoms with Gasteiger partial charge in [-0.3, -0.25) is 4.79 Å². The van der Waals surface area contributed by atoms with Gasteiger partial charge in [-0.15, -0.1) is 0 Å². The maximum atomic E-state index is 14.1. The number of aryl methyl sites for hydroxylation is 1. The summed E-state index contributed by atoms with van der Waals surface area (Å²) in [6, 6.07) is 5.27. The second-order valence-corrected chi connectivity index (χ2v) is 4.68.